The number of amides is 1. The van der Waals surface area contributed by atoms with Crippen LogP contribution in [-0.4, -0.2) is 35.3 Å². The molecule has 3 N–H and O–H groups in total. The fraction of sp³-hybridized carbons (Fsp3) is 0.273. The third kappa shape index (κ3) is 2.73. The number of Topliss-reactive ketones (excluding diaryl/α,β-unsaturated/α-hetero) is 1. The first-order valence-electron chi connectivity index (χ1n) is 4.75. The molecule has 1 amide bonds. The van der Waals surface area contributed by atoms with E-state index in [1.54, 1.807) is 0 Å². The lowest BCUT2D eigenvalue weighted by atomic mass is 10.1. The van der Waals surface area contributed by atoms with Crippen LogP contribution in [0.5, 0.6) is 5.75 Å². The average molecular weight is 222 g/mol. The number of nitrogen functional groups attached to an aromatic ring is 1. The van der Waals surface area contributed by atoms with Crippen LogP contribution >= 0.6 is 0 Å². The molecule has 0 aliphatic heterocycles. The lowest BCUT2D eigenvalue weighted by Gasteiger charge is -2.16. The van der Waals surface area contributed by atoms with E-state index in [4.69, 9.17) is 10.8 Å². The standard InChI is InChI=1S/C11H14N2O3/c1-7(14)6-13(2)11(16)9-4-3-8(15)5-10(9)12/h3-5,15H,6,12H2,1-2H3. The maximum atomic E-state index is 11.8. The number of phenolic OH excluding ortho intramolecular Hbond substituents is 1. The number of hydrogen-bond acceptors (Lipinski definition) is 4. The normalized spacial score (nSPS) is 9.88. The summed E-state index contributed by atoms with van der Waals surface area (Å²) in [6, 6.07) is 4.11. The summed E-state index contributed by atoms with van der Waals surface area (Å²) >= 11 is 0. The molecule has 5 heteroatoms. The van der Waals surface area contributed by atoms with Crippen LogP contribution in [0, 0.1) is 0 Å². The fourth-order valence-corrected chi connectivity index (χ4v) is 1.36. The minimum atomic E-state index is -0.340. The molecule has 0 atom stereocenters. The molecule has 0 aliphatic carbocycles. The number of carbonyl (C=O) groups excluding carboxylic acids is 2. The smallest absolute Gasteiger partial charge is 0.256 e. The SMILES string of the molecule is CC(=O)CN(C)C(=O)c1ccc(O)cc1N. The molecule has 0 spiro atoms. The molecule has 0 bridgehead atoms. The van der Waals surface area contributed by atoms with E-state index in [0.29, 0.717) is 0 Å². The van der Waals surface area contributed by atoms with Gasteiger partial charge in [-0.15, -0.1) is 0 Å². The fourth-order valence-electron chi connectivity index (χ4n) is 1.36. The van der Waals surface area contributed by atoms with Crippen LogP contribution < -0.4 is 5.73 Å². The van der Waals surface area contributed by atoms with Crippen LogP contribution in [0.4, 0.5) is 5.69 Å². The van der Waals surface area contributed by atoms with Gasteiger partial charge in [-0.1, -0.05) is 0 Å². The van der Waals surface area contributed by atoms with Gasteiger partial charge in [-0.3, -0.25) is 9.59 Å². The Balaban J connectivity index is 2.92. The van der Waals surface area contributed by atoms with Gasteiger partial charge in [0.25, 0.3) is 5.91 Å². The quantitative estimate of drug-likeness (QED) is 0.735. The van der Waals surface area contributed by atoms with Gasteiger partial charge >= 0.3 is 0 Å². The third-order valence-corrected chi connectivity index (χ3v) is 2.07. The van der Waals surface area contributed by atoms with Crippen molar-refractivity contribution in [3.63, 3.8) is 0 Å². The summed E-state index contributed by atoms with van der Waals surface area (Å²) in [6.07, 6.45) is 0. The van der Waals surface area contributed by atoms with E-state index in [1.165, 1.54) is 37.1 Å². The molecule has 0 saturated heterocycles. The van der Waals surface area contributed by atoms with Gasteiger partial charge in [-0.25, -0.2) is 0 Å². The minimum absolute atomic E-state index is 0.00303. The molecule has 1 aromatic carbocycles. The number of carbonyl (C=O) groups is 2. The summed E-state index contributed by atoms with van der Waals surface area (Å²) in [4.78, 5) is 24.0. The summed E-state index contributed by atoms with van der Waals surface area (Å²) < 4.78 is 0. The number of nitrogens with zero attached hydrogens (tertiary/aromatic N) is 1. The van der Waals surface area contributed by atoms with Crippen molar-refractivity contribution in [3.05, 3.63) is 23.8 Å². The van der Waals surface area contributed by atoms with Crippen LogP contribution in [0.2, 0.25) is 0 Å². The summed E-state index contributed by atoms with van der Waals surface area (Å²) in [5.41, 5.74) is 6.07. The number of benzene rings is 1. The van der Waals surface area contributed by atoms with Gasteiger partial charge in [0.1, 0.15) is 11.5 Å². The Hall–Kier alpha value is -2.04. The second-order valence-electron chi connectivity index (χ2n) is 3.63. The summed E-state index contributed by atoms with van der Waals surface area (Å²) in [7, 11) is 1.52. The molecule has 0 aliphatic rings. The van der Waals surface area contributed by atoms with E-state index >= 15 is 0 Å². The largest absolute Gasteiger partial charge is 0.508 e. The van der Waals surface area contributed by atoms with E-state index < -0.39 is 0 Å². The molecule has 0 heterocycles. The Kier molecular flexibility index (Phi) is 3.50. The molecule has 5 nitrogen and oxygen atoms in total. The van der Waals surface area contributed by atoms with Gasteiger partial charge in [0.15, 0.2) is 0 Å². The van der Waals surface area contributed by atoms with Gasteiger partial charge in [-0.05, 0) is 19.1 Å². The zero-order valence-corrected chi connectivity index (χ0v) is 9.23. The molecule has 0 radical (unpaired) electrons. The van der Waals surface area contributed by atoms with Crippen molar-refractivity contribution in [2.45, 2.75) is 6.92 Å². The first kappa shape index (κ1) is 12.0. The molecule has 86 valence electrons. The first-order valence-corrected chi connectivity index (χ1v) is 4.75. The van der Waals surface area contributed by atoms with Crippen molar-refractivity contribution >= 4 is 17.4 Å². The molecule has 1 aromatic rings. The first-order chi connectivity index (χ1) is 7.41. The zero-order valence-electron chi connectivity index (χ0n) is 9.23. The van der Waals surface area contributed by atoms with E-state index in [9.17, 15) is 9.59 Å². The molecule has 16 heavy (non-hydrogen) atoms. The predicted octanol–water partition coefficient (Wildman–Crippen LogP) is 0.635. The second-order valence-corrected chi connectivity index (χ2v) is 3.63. The Morgan fingerprint density at radius 1 is 1.44 bits per heavy atom. The molecule has 0 saturated carbocycles. The number of rotatable bonds is 3. The molecular formula is C11H14N2O3. The number of likely N-dealkylation sites (N-methyl/N-ethyl adjacent to an activating group) is 1. The Labute approximate surface area is 93.5 Å². The number of nitrogens with two attached hydrogens (primary N) is 1. The van der Waals surface area contributed by atoms with E-state index in [-0.39, 0.29) is 35.2 Å². The van der Waals surface area contributed by atoms with Gasteiger partial charge in [0.2, 0.25) is 0 Å². The van der Waals surface area contributed by atoms with Crippen molar-refractivity contribution in [1.82, 2.24) is 4.90 Å². The third-order valence-electron chi connectivity index (χ3n) is 2.07. The van der Waals surface area contributed by atoms with Crippen LogP contribution in [0.15, 0.2) is 18.2 Å². The van der Waals surface area contributed by atoms with Gasteiger partial charge in [-0.2, -0.15) is 0 Å². The number of anilines is 1. The van der Waals surface area contributed by atoms with Gasteiger partial charge < -0.3 is 15.7 Å². The molecular weight excluding hydrogens is 208 g/mol. The highest BCUT2D eigenvalue weighted by atomic mass is 16.3. The zero-order chi connectivity index (χ0) is 12.3. The van der Waals surface area contributed by atoms with Crippen molar-refractivity contribution in [2.75, 3.05) is 19.3 Å². The van der Waals surface area contributed by atoms with E-state index in [2.05, 4.69) is 0 Å². The highest BCUT2D eigenvalue weighted by Crippen LogP contribution is 2.19. The Morgan fingerprint density at radius 2 is 2.06 bits per heavy atom. The molecule has 0 aromatic heterocycles. The minimum Gasteiger partial charge on any atom is -0.508 e. The summed E-state index contributed by atoms with van der Waals surface area (Å²) in [5.74, 6) is -0.441. The van der Waals surface area contributed by atoms with Gasteiger partial charge in [0.05, 0.1) is 12.1 Å². The van der Waals surface area contributed by atoms with Gasteiger partial charge in [0, 0.05) is 18.8 Å². The molecule has 1 rings (SSSR count). The maximum Gasteiger partial charge on any atom is 0.256 e. The van der Waals surface area contributed by atoms with Crippen molar-refractivity contribution in [3.8, 4) is 5.75 Å². The lowest BCUT2D eigenvalue weighted by molar-refractivity contribution is -0.117. The average Bonchev–Trinajstić information content (AvgIpc) is 2.15. The number of aromatic hydroxyl groups is 1. The number of phenols is 1. The number of hydrogen-bond donors (Lipinski definition) is 2. The van der Waals surface area contributed by atoms with Crippen LogP contribution in [0.25, 0.3) is 0 Å². The summed E-state index contributed by atoms with van der Waals surface area (Å²) in [6.45, 7) is 1.45. The van der Waals surface area contributed by atoms with Crippen molar-refractivity contribution in [2.24, 2.45) is 0 Å². The number of ketones is 1. The van der Waals surface area contributed by atoms with Crippen LogP contribution in [-0.2, 0) is 4.79 Å². The molecule has 0 fully saturated rings. The van der Waals surface area contributed by atoms with Crippen molar-refractivity contribution in [1.29, 1.82) is 0 Å². The van der Waals surface area contributed by atoms with E-state index in [1.807, 2.05) is 0 Å². The Bertz CT molecular complexity index is 429. The summed E-state index contributed by atoms with van der Waals surface area (Å²) in [5, 5.41) is 9.14. The predicted molar refractivity (Wildman–Crippen MR) is 60.2 cm³/mol. The Morgan fingerprint density at radius 3 is 2.56 bits per heavy atom. The lowest BCUT2D eigenvalue weighted by Crippen LogP contribution is -2.31. The highest BCUT2D eigenvalue weighted by molar-refractivity contribution is 6.00. The highest BCUT2D eigenvalue weighted by Gasteiger charge is 2.15. The van der Waals surface area contributed by atoms with Crippen LogP contribution in [0.1, 0.15) is 17.3 Å². The topological polar surface area (TPSA) is 83.6 Å². The van der Waals surface area contributed by atoms with Crippen LogP contribution in [0.3, 0.4) is 0 Å². The second kappa shape index (κ2) is 4.65. The maximum absolute atomic E-state index is 11.8. The monoisotopic (exact) mass is 222 g/mol. The molecule has 0 unspecified atom stereocenters. The van der Waals surface area contributed by atoms with E-state index in [0.717, 1.165) is 0 Å². The van der Waals surface area contributed by atoms with Crippen molar-refractivity contribution < 1.29 is 14.7 Å².